The van der Waals surface area contributed by atoms with Crippen LogP contribution in [0.1, 0.15) is 22.6 Å². The van der Waals surface area contributed by atoms with Gasteiger partial charge in [0.2, 0.25) is 5.65 Å². The van der Waals surface area contributed by atoms with Crippen LogP contribution in [0.5, 0.6) is 0 Å². The summed E-state index contributed by atoms with van der Waals surface area (Å²) in [5.74, 6) is -0.0303. The van der Waals surface area contributed by atoms with E-state index >= 15 is 0 Å². The molecular weight excluding hydrogens is 320 g/mol. The van der Waals surface area contributed by atoms with Gasteiger partial charge in [-0.25, -0.2) is 9.97 Å². The normalized spacial score (nSPS) is 15.6. The number of carbonyl (C=O) groups excluding carboxylic acids is 1. The number of hydrogen-bond donors (Lipinski definition) is 0. The molecule has 0 atom stereocenters. The molecule has 0 N–H and O–H groups in total. The van der Waals surface area contributed by atoms with Crippen molar-refractivity contribution < 1.29 is 9.21 Å². The third-order valence-corrected chi connectivity index (χ3v) is 4.36. The van der Waals surface area contributed by atoms with Gasteiger partial charge in [0, 0.05) is 45.1 Å². The van der Waals surface area contributed by atoms with Gasteiger partial charge in [-0.05, 0) is 25.5 Å². The van der Waals surface area contributed by atoms with Crippen molar-refractivity contribution in [2.75, 3.05) is 31.1 Å². The summed E-state index contributed by atoms with van der Waals surface area (Å²) >= 11 is 0. The van der Waals surface area contributed by atoms with Crippen molar-refractivity contribution in [1.82, 2.24) is 24.4 Å². The van der Waals surface area contributed by atoms with E-state index in [0.29, 0.717) is 42.6 Å². The van der Waals surface area contributed by atoms with Gasteiger partial charge >= 0.3 is 0 Å². The van der Waals surface area contributed by atoms with E-state index in [1.165, 1.54) is 0 Å². The third-order valence-electron chi connectivity index (χ3n) is 4.36. The minimum absolute atomic E-state index is 0.0303. The summed E-state index contributed by atoms with van der Waals surface area (Å²) in [5, 5.41) is 0. The van der Waals surface area contributed by atoms with Gasteiger partial charge in [0.1, 0.15) is 5.69 Å². The number of aryl methyl sites for hydroxylation is 2. The molecular formula is C17H20N6O2. The second kappa shape index (κ2) is 6.19. The molecule has 25 heavy (non-hydrogen) atoms. The number of pyridine rings is 1. The molecule has 3 aromatic rings. The van der Waals surface area contributed by atoms with Crippen LogP contribution in [0.2, 0.25) is 0 Å². The molecule has 3 aromatic heterocycles. The fourth-order valence-corrected chi connectivity index (χ4v) is 3.03. The van der Waals surface area contributed by atoms with Gasteiger partial charge in [0.15, 0.2) is 5.58 Å². The van der Waals surface area contributed by atoms with Crippen LogP contribution >= 0.6 is 0 Å². The summed E-state index contributed by atoms with van der Waals surface area (Å²) < 4.78 is 7.62. The van der Waals surface area contributed by atoms with Gasteiger partial charge in [0.25, 0.3) is 11.9 Å². The Hall–Kier alpha value is -2.90. The molecule has 1 saturated heterocycles. The summed E-state index contributed by atoms with van der Waals surface area (Å²) in [6.45, 7) is 4.70. The van der Waals surface area contributed by atoms with Crippen LogP contribution in [0.15, 0.2) is 29.1 Å². The van der Waals surface area contributed by atoms with Crippen LogP contribution in [0.25, 0.3) is 11.2 Å². The lowest BCUT2D eigenvalue weighted by atomic mass is 10.3. The number of anilines is 1. The summed E-state index contributed by atoms with van der Waals surface area (Å²) in [7, 11) is 1.86. The Morgan fingerprint density at radius 2 is 2.04 bits per heavy atom. The molecule has 0 aliphatic carbocycles. The Morgan fingerprint density at radius 1 is 1.16 bits per heavy atom. The highest BCUT2D eigenvalue weighted by Gasteiger charge is 2.24. The Kier molecular flexibility index (Phi) is 3.87. The van der Waals surface area contributed by atoms with E-state index in [0.717, 1.165) is 18.7 Å². The Balaban J connectivity index is 1.49. The SMILES string of the molecule is Cc1ccc2oc(N3CCCN(C(=O)c4cn(C)cn4)CC3)nc2n1. The first-order valence-electron chi connectivity index (χ1n) is 8.36. The van der Waals surface area contributed by atoms with Crippen molar-refractivity contribution in [3.63, 3.8) is 0 Å². The van der Waals surface area contributed by atoms with Crippen LogP contribution in [-0.2, 0) is 7.05 Å². The highest BCUT2D eigenvalue weighted by atomic mass is 16.4. The summed E-state index contributed by atoms with van der Waals surface area (Å²) in [4.78, 5) is 29.5. The number of aromatic nitrogens is 4. The van der Waals surface area contributed by atoms with Gasteiger partial charge in [-0.3, -0.25) is 4.79 Å². The van der Waals surface area contributed by atoms with E-state index < -0.39 is 0 Å². The Bertz CT molecular complexity index is 915. The molecule has 0 bridgehead atoms. The van der Waals surface area contributed by atoms with Gasteiger partial charge in [-0.1, -0.05) is 0 Å². The lowest BCUT2D eigenvalue weighted by Crippen LogP contribution is -2.35. The smallest absolute Gasteiger partial charge is 0.300 e. The van der Waals surface area contributed by atoms with E-state index in [9.17, 15) is 4.79 Å². The van der Waals surface area contributed by atoms with Crippen molar-refractivity contribution >= 4 is 23.2 Å². The standard InChI is InChI=1S/C17H20N6O2/c1-12-4-5-14-15(19-12)20-17(25-14)23-7-3-6-22(8-9-23)16(24)13-10-21(2)11-18-13/h4-5,10-11H,3,6-9H2,1-2H3. The summed E-state index contributed by atoms with van der Waals surface area (Å²) in [5.41, 5.74) is 2.71. The molecule has 8 nitrogen and oxygen atoms in total. The predicted octanol–water partition coefficient (Wildman–Crippen LogP) is 1.62. The number of imidazole rings is 1. The highest BCUT2D eigenvalue weighted by molar-refractivity contribution is 5.92. The van der Waals surface area contributed by atoms with Crippen molar-refractivity contribution in [1.29, 1.82) is 0 Å². The second-order valence-corrected chi connectivity index (χ2v) is 6.33. The van der Waals surface area contributed by atoms with Crippen LogP contribution in [-0.4, -0.2) is 56.5 Å². The molecule has 8 heteroatoms. The maximum atomic E-state index is 12.6. The third kappa shape index (κ3) is 3.07. The summed E-state index contributed by atoms with van der Waals surface area (Å²) in [6.07, 6.45) is 4.24. The zero-order valence-electron chi connectivity index (χ0n) is 14.3. The van der Waals surface area contributed by atoms with E-state index in [2.05, 4.69) is 19.9 Å². The van der Waals surface area contributed by atoms with Crippen LogP contribution in [0.4, 0.5) is 6.01 Å². The van der Waals surface area contributed by atoms with Crippen LogP contribution in [0.3, 0.4) is 0 Å². The van der Waals surface area contributed by atoms with E-state index in [1.807, 2.05) is 31.0 Å². The topological polar surface area (TPSA) is 80.3 Å². The lowest BCUT2D eigenvalue weighted by Gasteiger charge is -2.20. The molecule has 1 fully saturated rings. The molecule has 1 aliphatic rings. The van der Waals surface area contributed by atoms with Gasteiger partial charge in [-0.2, -0.15) is 4.98 Å². The number of fused-ring (bicyclic) bond motifs is 1. The fourth-order valence-electron chi connectivity index (χ4n) is 3.03. The molecule has 4 rings (SSSR count). The molecule has 1 aliphatic heterocycles. The number of hydrogen-bond acceptors (Lipinski definition) is 6. The van der Waals surface area contributed by atoms with Gasteiger partial charge in [-0.15, -0.1) is 0 Å². The first-order chi connectivity index (χ1) is 12.1. The quantitative estimate of drug-likeness (QED) is 0.705. The van der Waals surface area contributed by atoms with Crippen LogP contribution in [0, 0.1) is 6.92 Å². The van der Waals surface area contributed by atoms with Crippen molar-refractivity contribution in [2.45, 2.75) is 13.3 Å². The summed E-state index contributed by atoms with van der Waals surface area (Å²) in [6, 6.07) is 4.37. The minimum atomic E-state index is -0.0303. The molecule has 4 heterocycles. The molecule has 130 valence electrons. The number of carbonyl (C=O) groups is 1. The number of rotatable bonds is 2. The fraction of sp³-hybridized carbons (Fsp3) is 0.412. The average molecular weight is 340 g/mol. The van der Waals surface area contributed by atoms with Crippen molar-refractivity contribution in [3.05, 3.63) is 36.0 Å². The maximum absolute atomic E-state index is 12.6. The number of oxazole rings is 1. The monoisotopic (exact) mass is 340 g/mol. The molecule has 0 aromatic carbocycles. The first-order valence-corrected chi connectivity index (χ1v) is 8.36. The lowest BCUT2D eigenvalue weighted by molar-refractivity contribution is 0.0761. The first kappa shape index (κ1) is 15.6. The Morgan fingerprint density at radius 3 is 2.84 bits per heavy atom. The molecule has 0 radical (unpaired) electrons. The van der Waals surface area contributed by atoms with E-state index in [-0.39, 0.29) is 5.91 Å². The van der Waals surface area contributed by atoms with E-state index in [1.54, 1.807) is 17.1 Å². The van der Waals surface area contributed by atoms with Gasteiger partial charge in [0.05, 0.1) is 6.33 Å². The maximum Gasteiger partial charge on any atom is 0.300 e. The van der Waals surface area contributed by atoms with Gasteiger partial charge < -0.3 is 18.8 Å². The van der Waals surface area contributed by atoms with Crippen molar-refractivity contribution in [3.8, 4) is 0 Å². The average Bonchev–Trinajstić information content (AvgIpc) is 3.12. The zero-order chi connectivity index (χ0) is 17.4. The molecule has 0 spiro atoms. The second-order valence-electron chi connectivity index (χ2n) is 6.33. The van der Waals surface area contributed by atoms with Crippen molar-refractivity contribution in [2.24, 2.45) is 7.05 Å². The predicted molar refractivity (Wildman–Crippen MR) is 92.5 cm³/mol. The largest absolute Gasteiger partial charge is 0.422 e. The van der Waals surface area contributed by atoms with Crippen LogP contribution < -0.4 is 4.90 Å². The molecule has 0 unspecified atom stereocenters. The number of amides is 1. The Labute approximate surface area is 145 Å². The highest BCUT2D eigenvalue weighted by Crippen LogP contribution is 2.22. The van der Waals surface area contributed by atoms with E-state index in [4.69, 9.17) is 4.42 Å². The zero-order valence-corrected chi connectivity index (χ0v) is 14.3. The minimum Gasteiger partial charge on any atom is -0.422 e. The molecule has 1 amide bonds. The molecule has 0 saturated carbocycles. The number of nitrogens with zero attached hydrogens (tertiary/aromatic N) is 6.